The van der Waals surface area contributed by atoms with Crippen molar-refractivity contribution < 1.29 is 8.42 Å². The highest BCUT2D eigenvalue weighted by Crippen LogP contribution is 2.26. The van der Waals surface area contributed by atoms with E-state index in [0.717, 1.165) is 16.8 Å². The van der Waals surface area contributed by atoms with Gasteiger partial charge in [-0.2, -0.15) is 0 Å². The molecule has 0 radical (unpaired) electrons. The predicted molar refractivity (Wildman–Crippen MR) is 129 cm³/mol. The molecule has 0 unspecified atom stereocenters. The van der Waals surface area contributed by atoms with Crippen molar-refractivity contribution >= 4 is 27.2 Å². The van der Waals surface area contributed by atoms with Crippen molar-refractivity contribution in [2.75, 3.05) is 10.0 Å². The SMILES string of the molecule is O=S(=O)(Nc1cccc(-c2cn3ccnc3c(NCc3ccccc3)n2)c1)c1ccccc1. The summed E-state index contributed by atoms with van der Waals surface area (Å²) >= 11 is 0. The van der Waals surface area contributed by atoms with Gasteiger partial charge in [-0.1, -0.05) is 60.7 Å². The first kappa shape index (κ1) is 20.7. The lowest BCUT2D eigenvalue weighted by molar-refractivity contribution is 0.601. The van der Waals surface area contributed by atoms with Crippen LogP contribution in [0.15, 0.2) is 108 Å². The second-order valence-electron chi connectivity index (χ2n) is 7.47. The van der Waals surface area contributed by atoms with Crippen molar-refractivity contribution in [1.29, 1.82) is 0 Å². The standard InChI is InChI=1S/C25H21N5O2S/c31-33(32,22-12-5-2-6-13-22)29-21-11-7-10-20(16-21)23-18-30-15-14-26-25(30)24(28-23)27-17-19-8-3-1-4-9-19/h1-16,18,29H,17H2,(H,27,28). The van der Waals surface area contributed by atoms with Gasteiger partial charge in [-0.15, -0.1) is 0 Å². The van der Waals surface area contributed by atoms with Gasteiger partial charge < -0.3 is 9.72 Å². The topological polar surface area (TPSA) is 88.4 Å². The number of anilines is 2. The monoisotopic (exact) mass is 455 g/mol. The molecule has 0 aliphatic heterocycles. The number of aromatic nitrogens is 3. The largest absolute Gasteiger partial charge is 0.363 e. The van der Waals surface area contributed by atoms with Crippen LogP contribution in [0.2, 0.25) is 0 Å². The number of nitrogens with zero attached hydrogens (tertiary/aromatic N) is 3. The van der Waals surface area contributed by atoms with Gasteiger partial charge in [-0.05, 0) is 29.8 Å². The zero-order chi connectivity index (χ0) is 22.7. The van der Waals surface area contributed by atoms with Crippen molar-refractivity contribution in [1.82, 2.24) is 14.4 Å². The van der Waals surface area contributed by atoms with E-state index in [1.54, 1.807) is 54.7 Å². The summed E-state index contributed by atoms with van der Waals surface area (Å²) in [5.41, 5.74) is 3.78. The first-order valence-electron chi connectivity index (χ1n) is 10.4. The number of nitrogens with one attached hydrogen (secondary N) is 2. The molecule has 164 valence electrons. The molecular formula is C25H21N5O2S. The minimum absolute atomic E-state index is 0.209. The van der Waals surface area contributed by atoms with Gasteiger partial charge in [0.1, 0.15) is 0 Å². The maximum atomic E-state index is 12.7. The molecule has 0 aliphatic carbocycles. The lowest BCUT2D eigenvalue weighted by atomic mass is 10.1. The molecule has 0 aliphatic rings. The van der Waals surface area contributed by atoms with Gasteiger partial charge >= 0.3 is 0 Å². The molecule has 0 saturated carbocycles. The van der Waals surface area contributed by atoms with Crippen LogP contribution in [0, 0.1) is 0 Å². The van der Waals surface area contributed by atoms with E-state index in [1.807, 2.05) is 53.2 Å². The summed E-state index contributed by atoms with van der Waals surface area (Å²) in [6.07, 6.45) is 5.45. The fourth-order valence-corrected chi connectivity index (χ4v) is 4.60. The molecule has 8 heteroatoms. The summed E-state index contributed by atoms with van der Waals surface area (Å²) in [6, 6.07) is 25.5. The van der Waals surface area contributed by atoms with E-state index in [-0.39, 0.29) is 4.90 Å². The van der Waals surface area contributed by atoms with Gasteiger partial charge in [0.05, 0.1) is 10.6 Å². The Kier molecular flexibility index (Phi) is 5.50. The molecule has 5 aromatic rings. The summed E-state index contributed by atoms with van der Waals surface area (Å²) in [7, 11) is -3.68. The van der Waals surface area contributed by atoms with E-state index >= 15 is 0 Å². The molecule has 5 rings (SSSR count). The van der Waals surface area contributed by atoms with Crippen LogP contribution in [-0.4, -0.2) is 22.8 Å². The molecule has 2 aromatic heterocycles. The third kappa shape index (κ3) is 4.56. The maximum Gasteiger partial charge on any atom is 0.261 e. The van der Waals surface area contributed by atoms with Crippen LogP contribution in [0.5, 0.6) is 0 Å². The van der Waals surface area contributed by atoms with Crippen LogP contribution in [0.3, 0.4) is 0 Å². The molecular weight excluding hydrogens is 434 g/mol. The highest BCUT2D eigenvalue weighted by Gasteiger charge is 2.15. The third-order valence-corrected chi connectivity index (χ3v) is 6.54. The lowest BCUT2D eigenvalue weighted by Gasteiger charge is -2.12. The van der Waals surface area contributed by atoms with E-state index in [0.29, 0.717) is 23.7 Å². The molecule has 3 aromatic carbocycles. The first-order valence-corrected chi connectivity index (χ1v) is 11.9. The molecule has 7 nitrogen and oxygen atoms in total. The molecule has 0 amide bonds. The molecule has 0 fully saturated rings. The van der Waals surface area contributed by atoms with Crippen molar-refractivity contribution in [2.24, 2.45) is 0 Å². The Morgan fingerprint density at radius 3 is 2.42 bits per heavy atom. The van der Waals surface area contributed by atoms with Crippen LogP contribution < -0.4 is 10.0 Å². The van der Waals surface area contributed by atoms with Crippen molar-refractivity contribution in [3.63, 3.8) is 0 Å². The highest BCUT2D eigenvalue weighted by molar-refractivity contribution is 7.92. The van der Waals surface area contributed by atoms with Crippen LogP contribution in [0.4, 0.5) is 11.5 Å². The molecule has 2 heterocycles. The normalized spacial score (nSPS) is 11.4. The maximum absolute atomic E-state index is 12.7. The van der Waals surface area contributed by atoms with Gasteiger partial charge in [-0.3, -0.25) is 4.72 Å². The summed E-state index contributed by atoms with van der Waals surface area (Å²) in [5.74, 6) is 0.650. The van der Waals surface area contributed by atoms with Crippen LogP contribution in [0.1, 0.15) is 5.56 Å². The Balaban J connectivity index is 1.46. The van der Waals surface area contributed by atoms with E-state index in [1.165, 1.54) is 0 Å². The fraction of sp³-hybridized carbons (Fsp3) is 0.0400. The molecule has 0 atom stereocenters. The number of benzene rings is 3. The fourth-order valence-electron chi connectivity index (χ4n) is 3.53. The number of sulfonamides is 1. The smallest absolute Gasteiger partial charge is 0.261 e. The van der Waals surface area contributed by atoms with Gasteiger partial charge in [0.2, 0.25) is 0 Å². The van der Waals surface area contributed by atoms with Crippen molar-refractivity contribution in [3.05, 3.63) is 109 Å². The Morgan fingerprint density at radius 2 is 1.64 bits per heavy atom. The average molecular weight is 456 g/mol. The number of rotatable bonds is 7. The second kappa shape index (κ2) is 8.76. The van der Waals surface area contributed by atoms with Crippen LogP contribution in [0.25, 0.3) is 16.9 Å². The zero-order valence-corrected chi connectivity index (χ0v) is 18.4. The lowest BCUT2D eigenvalue weighted by Crippen LogP contribution is -2.12. The Labute approximate surface area is 191 Å². The van der Waals surface area contributed by atoms with E-state index in [9.17, 15) is 8.42 Å². The second-order valence-corrected chi connectivity index (χ2v) is 9.15. The van der Waals surface area contributed by atoms with E-state index in [4.69, 9.17) is 4.98 Å². The predicted octanol–water partition coefficient (Wildman–Crippen LogP) is 4.81. The Hall–Kier alpha value is -4.17. The van der Waals surface area contributed by atoms with Crippen LogP contribution >= 0.6 is 0 Å². The van der Waals surface area contributed by atoms with E-state index in [2.05, 4.69) is 15.0 Å². The van der Waals surface area contributed by atoms with Crippen molar-refractivity contribution in [3.8, 4) is 11.3 Å². The number of imidazole rings is 1. The highest BCUT2D eigenvalue weighted by atomic mass is 32.2. The van der Waals surface area contributed by atoms with Gasteiger partial charge in [0.25, 0.3) is 10.0 Å². The average Bonchev–Trinajstić information content (AvgIpc) is 3.33. The molecule has 2 N–H and O–H groups in total. The van der Waals surface area contributed by atoms with Crippen molar-refractivity contribution in [2.45, 2.75) is 11.4 Å². The molecule has 33 heavy (non-hydrogen) atoms. The number of hydrogen-bond donors (Lipinski definition) is 2. The first-order chi connectivity index (χ1) is 16.1. The third-order valence-electron chi connectivity index (χ3n) is 5.14. The summed E-state index contributed by atoms with van der Waals surface area (Å²) in [4.78, 5) is 9.40. The van der Waals surface area contributed by atoms with Gasteiger partial charge in [0, 0.05) is 36.4 Å². The quantitative estimate of drug-likeness (QED) is 0.368. The van der Waals surface area contributed by atoms with Gasteiger partial charge in [0.15, 0.2) is 11.5 Å². The number of hydrogen-bond acceptors (Lipinski definition) is 5. The minimum atomic E-state index is -3.68. The molecule has 0 bridgehead atoms. The number of fused-ring (bicyclic) bond motifs is 1. The summed E-state index contributed by atoms with van der Waals surface area (Å²) in [6.45, 7) is 0.608. The van der Waals surface area contributed by atoms with E-state index < -0.39 is 10.0 Å². The minimum Gasteiger partial charge on any atom is -0.363 e. The summed E-state index contributed by atoms with van der Waals surface area (Å²) < 4.78 is 30.0. The zero-order valence-electron chi connectivity index (χ0n) is 17.6. The molecule has 0 saturated heterocycles. The summed E-state index contributed by atoms with van der Waals surface area (Å²) in [5, 5.41) is 3.37. The molecule has 0 spiro atoms. The Bertz CT molecular complexity index is 1500. The Morgan fingerprint density at radius 1 is 0.879 bits per heavy atom. The van der Waals surface area contributed by atoms with Crippen LogP contribution in [-0.2, 0) is 16.6 Å². The van der Waals surface area contributed by atoms with Gasteiger partial charge in [-0.25, -0.2) is 18.4 Å².